The van der Waals surface area contributed by atoms with E-state index >= 15 is 0 Å². The number of hydrogen-bond acceptors (Lipinski definition) is 9. The van der Waals surface area contributed by atoms with Crippen LogP contribution in [-0.2, 0) is 14.3 Å². The first-order valence-electron chi connectivity index (χ1n) is 19.4. The number of aromatic nitrogens is 4. The topological polar surface area (TPSA) is 177 Å². The molecular formula is C41H50N8O6S2. The summed E-state index contributed by atoms with van der Waals surface area (Å²) >= 11 is 3.81. The lowest BCUT2D eigenvalue weighted by atomic mass is 10.0. The molecule has 57 heavy (non-hydrogen) atoms. The summed E-state index contributed by atoms with van der Waals surface area (Å²) in [5.41, 5.74) is 5.73. The minimum atomic E-state index is -1.12. The van der Waals surface area contributed by atoms with Crippen LogP contribution in [0.1, 0.15) is 70.2 Å². The first kappa shape index (κ1) is 40.2. The Hall–Kier alpha value is -4.96. The van der Waals surface area contributed by atoms with E-state index in [9.17, 15) is 24.3 Å². The van der Waals surface area contributed by atoms with Crippen molar-refractivity contribution in [3.63, 3.8) is 0 Å². The maximum Gasteiger partial charge on any atom is 0.407 e. The fraction of sp³-hybridized carbons (Fsp3) is 0.463. The number of thioether (sulfide) groups is 2. The first-order chi connectivity index (χ1) is 27.4. The van der Waals surface area contributed by atoms with E-state index < -0.39 is 24.3 Å². The van der Waals surface area contributed by atoms with E-state index in [1.807, 2.05) is 67.5 Å². The molecule has 3 aliphatic rings. The van der Waals surface area contributed by atoms with Gasteiger partial charge in [-0.2, -0.15) is 0 Å². The average molecular weight is 815 g/mol. The van der Waals surface area contributed by atoms with E-state index in [4.69, 9.17) is 9.72 Å². The number of amides is 4. The maximum absolute atomic E-state index is 13.8. The number of rotatable bonds is 11. The van der Waals surface area contributed by atoms with Gasteiger partial charge in [-0.3, -0.25) is 14.5 Å². The Morgan fingerprint density at radius 1 is 0.895 bits per heavy atom. The number of carboxylic acid groups (broad SMARTS) is 1. The highest BCUT2D eigenvalue weighted by Gasteiger charge is 2.51. The van der Waals surface area contributed by atoms with Crippen LogP contribution >= 0.6 is 23.5 Å². The Bertz CT molecular complexity index is 2080. The van der Waals surface area contributed by atoms with Crippen LogP contribution in [-0.4, -0.2) is 119 Å². The van der Waals surface area contributed by atoms with Crippen LogP contribution in [0.15, 0.2) is 60.9 Å². The quantitative estimate of drug-likeness (QED) is 0.123. The number of nitrogens with zero attached hydrogens (tertiary/aromatic N) is 5. The number of carbonyl (C=O) groups is 4. The molecule has 0 unspecified atom stereocenters. The second-order valence-electron chi connectivity index (χ2n) is 15.2. The van der Waals surface area contributed by atoms with E-state index in [2.05, 4.69) is 56.7 Å². The maximum atomic E-state index is 13.8. The van der Waals surface area contributed by atoms with E-state index in [0.717, 1.165) is 75.1 Å². The summed E-state index contributed by atoms with van der Waals surface area (Å²) in [6, 6.07) is 14.6. The number of carbonyl (C=O) groups excluding carboxylic acids is 3. The molecule has 0 aliphatic carbocycles. The van der Waals surface area contributed by atoms with Crippen molar-refractivity contribution in [1.82, 2.24) is 40.0 Å². The molecule has 5 heterocycles. The van der Waals surface area contributed by atoms with Gasteiger partial charge in [0, 0.05) is 38.1 Å². The molecule has 3 aliphatic heterocycles. The number of ether oxygens (including phenoxy) is 1. The van der Waals surface area contributed by atoms with Crippen molar-refractivity contribution in [3.8, 4) is 33.6 Å². The van der Waals surface area contributed by atoms with Gasteiger partial charge in [0.1, 0.15) is 23.7 Å². The monoisotopic (exact) mass is 814 g/mol. The number of likely N-dealkylation sites (tertiary alicyclic amines) is 2. The summed E-state index contributed by atoms with van der Waals surface area (Å²) in [6.07, 6.45) is 4.66. The van der Waals surface area contributed by atoms with Gasteiger partial charge in [-0.1, -0.05) is 69.3 Å². The summed E-state index contributed by atoms with van der Waals surface area (Å²) in [4.78, 5) is 72.3. The normalized spacial score (nSPS) is 19.9. The van der Waals surface area contributed by atoms with E-state index in [0.29, 0.717) is 25.3 Å². The van der Waals surface area contributed by atoms with E-state index in [1.54, 1.807) is 11.1 Å². The minimum absolute atomic E-state index is 0.0926. The van der Waals surface area contributed by atoms with Crippen molar-refractivity contribution in [3.05, 3.63) is 72.6 Å². The number of methoxy groups -OCH3 is 1. The van der Waals surface area contributed by atoms with Crippen LogP contribution in [0.4, 0.5) is 9.59 Å². The van der Waals surface area contributed by atoms with E-state index in [1.165, 1.54) is 14.2 Å². The fourth-order valence-electron chi connectivity index (χ4n) is 8.25. The highest BCUT2D eigenvalue weighted by atomic mass is 32.2. The molecule has 2 aromatic heterocycles. The van der Waals surface area contributed by atoms with Crippen LogP contribution in [0.2, 0.25) is 0 Å². The molecule has 302 valence electrons. The smallest absolute Gasteiger partial charge is 0.407 e. The van der Waals surface area contributed by atoms with Crippen LogP contribution in [0.3, 0.4) is 0 Å². The third kappa shape index (κ3) is 8.24. The van der Waals surface area contributed by atoms with Gasteiger partial charge in [-0.05, 0) is 47.4 Å². The summed E-state index contributed by atoms with van der Waals surface area (Å²) in [5, 5.41) is 12.3. The Labute approximate surface area is 340 Å². The Balaban J connectivity index is 1.03. The van der Waals surface area contributed by atoms with Crippen molar-refractivity contribution in [2.45, 2.75) is 74.7 Å². The number of alkyl carbamates (subject to hydrolysis) is 1. The fourth-order valence-corrected chi connectivity index (χ4v) is 11.5. The number of hydrogen-bond donors (Lipinski definition) is 4. The third-order valence-corrected chi connectivity index (χ3v) is 14.7. The van der Waals surface area contributed by atoms with Gasteiger partial charge in [0.25, 0.3) is 0 Å². The van der Waals surface area contributed by atoms with Crippen LogP contribution in [0.25, 0.3) is 33.6 Å². The molecule has 0 bridgehead atoms. The van der Waals surface area contributed by atoms with Crippen LogP contribution < -0.4 is 5.32 Å². The molecule has 2 aromatic carbocycles. The predicted molar refractivity (Wildman–Crippen MR) is 221 cm³/mol. The van der Waals surface area contributed by atoms with Gasteiger partial charge in [0.05, 0.1) is 47.1 Å². The zero-order chi connectivity index (χ0) is 40.4. The summed E-state index contributed by atoms with van der Waals surface area (Å²) in [7, 11) is 2.75. The molecule has 16 heteroatoms. The third-order valence-electron chi connectivity index (χ3n) is 11.3. The molecule has 0 radical (unpaired) electrons. The number of likely N-dealkylation sites (N-methyl/N-ethyl adjacent to an activating group) is 1. The van der Waals surface area contributed by atoms with Gasteiger partial charge < -0.3 is 34.9 Å². The number of imidazole rings is 2. The summed E-state index contributed by atoms with van der Waals surface area (Å²) in [5.74, 6) is 3.01. The lowest BCUT2D eigenvalue weighted by Crippen LogP contribution is -2.51. The SMILES string of the molecule is CC[C@H](NC(=O)OC)C(=O)N1CC2(C[C@H]1c1ncc(-c3ccc(-c4ccc(-c5cnc([C@@H]6CCCN6C(=O)[C@H](C(C)C)N(C)C(=O)O)[nH]5)cc4)cc3)[nH]1)SCCS2. The zero-order valence-electron chi connectivity index (χ0n) is 32.9. The molecule has 14 nitrogen and oxygen atoms in total. The van der Waals surface area contributed by atoms with Crippen LogP contribution in [0.5, 0.6) is 0 Å². The number of benzene rings is 2. The van der Waals surface area contributed by atoms with Crippen molar-refractivity contribution >= 4 is 47.5 Å². The Morgan fingerprint density at radius 3 is 1.95 bits per heavy atom. The Morgan fingerprint density at radius 2 is 1.44 bits per heavy atom. The van der Waals surface area contributed by atoms with Gasteiger partial charge >= 0.3 is 12.2 Å². The molecule has 3 fully saturated rings. The highest BCUT2D eigenvalue weighted by molar-refractivity contribution is 8.21. The largest absolute Gasteiger partial charge is 0.465 e. The molecule has 4 N–H and O–H groups in total. The standard InChI is InChI=1S/C41H50N8O6S2/c1-6-29(46-39(52)55-5)37(50)49-23-41(56-18-19-57-41)20-33(49)36-43-22-31(45-36)28-15-11-26(12-16-28)25-9-13-27(14-10-25)30-21-42-35(44-30)32-8-7-17-48(32)38(51)34(24(2)3)47(4)40(53)54/h9-16,21-22,24,29,32-34H,6-8,17-20,23H2,1-5H3,(H,42,44)(H,43,45)(H,46,52)(H,53,54)/t29-,32-,33-,34-/m0/s1. The van der Waals surface area contributed by atoms with Gasteiger partial charge in [0.15, 0.2) is 0 Å². The lowest BCUT2D eigenvalue weighted by molar-refractivity contribution is -0.138. The highest BCUT2D eigenvalue weighted by Crippen LogP contribution is 2.55. The van der Waals surface area contributed by atoms with Gasteiger partial charge in [-0.25, -0.2) is 19.6 Å². The van der Waals surface area contributed by atoms with Gasteiger partial charge in [0.2, 0.25) is 11.8 Å². The summed E-state index contributed by atoms with van der Waals surface area (Å²) in [6.45, 7) is 6.75. The number of nitrogens with one attached hydrogen (secondary N) is 3. The zero-order valence-corrected chi connectivity index (χ0v) is 34.5. The second kappa shape index (κ2) is 16.9. The van der Waals surface area contributed by atoms with Crippen molar-refractivity contribution < 1.29 is 29.0 Å². The second-order valence-corrected chi connectivity index (χ2v) is 18.4. The average Bonchev–Trinajstić information content (AvgIpc) is 4.07. The predicted octanol–water partition coefficient (Wildman–Crippen LogP) is 7.02. The van der Waals surface area contributed by atoms with Crippen molar-refractivity contribution in [2.75, 3.05) is 38.8 Å². The lowest BCUT2D eigenvalue weighted by Gasteiger charge is -2.33. The molecule has 1 spiro atoms. The molecule has 4 aromatic rings. The molecular weight excluding hydrogens is 765 g/mol. The molecule has 0 saturated carbocycles. The Kier molecular flexibility index (Phi) is 11.9. The van der Waals surface area contributed by atoms with Gasteiger partial charge in [-0.15, -0.1) is 23.5 Å². The summed E-state index contributed by atoms with van der Waals surface area (Å²) < 4.78 is 4.69. The van der Waals surface area contributed by atoms with Crippen molar-refractivity contribution in [2.24, 2.45) is 5.92 Å². The number of H-pyrrole nitrogens is 2. The van der Waals surface area contributed by atoms with Crippen molar-refractivity contribution in [1.29, 1.82) is 0 Å². The van der Waals surface area contributed by atoms with Crippen LogP contribution in [0, 0.1) is 5.92 Å². The molecule has 7 rings (SSSR count). The number of aromatic amines is 2. The minimum Gasteiger partial charge on any atom is -0.465 e. The molecule has 4 atom stereocenters. The van der Waals surface area contributed by atoms with E-state index in [-0.39, 0.29) is 33.9 Å². The molecule has 4 amide bonds. The first-order valence-corrected chi connectivity index (χ1v) is 21.4. The molecule has 3 saturated heterocycles.